The molecule has 0 aromatic carbocycles. The summed E-state index contributed by atoms with van der Waals surface area (Å²) in [5.41, 5.74) is 2.87. The number of hydrogen-bond acceptors (Lipinski definition) is 6. The van der Waals surface area contributed by atoms with E-state index in [0.29, 0.717) is 18.7 Å². The first kappa shape index (κ1) is 19.2. The maximum Gasteiger partial charge on any atom is 0.292 e. The van der Waals surface area contributed by atoms with Crippen molar-refractivity contribution in [1.29, 1.82) is 0 Å². The Hall–Kier alpha value is -3.46. The quantitative estimate of drug-likeness (QED) is 0.513. The number of pyridine rings is 1. The van der Waals surface area contributed by atoms with Crippen molar-refractivity contribution in [3.05, 3.63) is 71.2 Å². The second-order valence-electron chi connectivity index (χ2n) is 9.12. The molecule has 1 aliphatic heterocycles. The number of amides is 1. The van der Waals surface area contributed by atoms with Gasteiger partial charge in [-0.2, -0.15) is 5.10 Å². The van der Waals surface area contributed by atoms with Crippen molar-refractivity contribution >= 4 is 11.4 Å². The van der Waals surface area contributed by atoms with Crippen molar-refractivity contribution in [2.45, 2.75) is 50.7 Å². The Morgan fingerprint density at radius 1 is 1.28 bits per heavy atom. The van der Waals surface area contributed by atoms with Crippen LogP contribution in [0, 0.1) is 0 Å². The van der Waals surface area contributed by atoms with Crippen molar-refractivity contribution in [3.8, 4) is 0 Å². The average molecular weight is 432 g/mol. The van der Waals surface area contributed by atoms with Crippen molar-refractivity contribution in [2.75, 3.05) is 6.54 Å². The first-order valence-corrected chi connectivity index (χ1v) is 10.9. The Kier molecular flexibility index (Phi) is 4.07. The zero-order valence-electron chi connectivity index (χ0n) is 17.9. The van der Waals surface area contributed by atoms with Gasteiger partial charge >= 0.3 is 0 Å². The smallest absolute Gasteiger partial charge is 0.292 e. The number of carbonyl (C=O) groups excluding carboxylic acids is 1. The third kappa shape index (κ3) is 3.03. The molecule has 164 valence electrons. The lowest BCUT2D eigenvalue weighted by molar-refractivity contribution is 0.0440. The van der Waals surface area contributed by atoms with E-state index in [0.717, 1.165) is 35.4 Å². The highest BCUT2D eigenvalue weighted by Crippen LogP contribution is 2.43. The fourth-order valence-electron chi connectivity index (χ4n) is 4.40. The summed E-state index contributed by atoms with van der Waals surface area (Å²) in [6.45, 7) is 3.72. The molecular weight excluding hydrogens is 408 g/mol. The molecule has 9 nitrogen and oxygen atoms in total. The van der Waals surface area contributed by atoms with Crippen molar-refractivity contribution in [2.24, 2.45) is 0 Å². The van der Waals surface area contributed by atoms with Gasteiger partial charge in [-0.1, -0.05) is 6.07 Å². The van der Waals surface area contributed by atoms with Gasteiger partial charge in [0.25, 0.3) is 5.91 Å². The topological polar surface area (TPSA) is 113 Å². The summed E-state index contributed by atoms with van der Waals surface area (Å²) < 4.78 is 7.70. The number of aromatic nitrogens is 5. The van der Waals surface area contributed by atoms with E-state index >= 15 is 0 Å². The lowest BCUT2D eigenvalue weighted by atomic mass is 9.99. The molecule has 9 heteroatoms. The SMILES string of the molecule is CC(C)(O)c1nc(C2CC2)c(C(=O)N2CCc3[nH]cnc3[C@H]2c2cc3ccccn3n2)o1. The van der Waals surface area contributed by atoms with E-state index in [2.05, 4.69) is 15.0 Å². The summed E-state index contributed by atoms with van der Waals surface area (Å²) in [6, 6.07) is 7.40. The summed E-state index contributed by atoms with van der Waals surface area (Å²) in [4.78, 5) is 27.9. The highest BCUT2D eigenvalue weighted by Gasteiger charge is 2.42. The van der Waals surface area contributed by atoms with Gasteiger partial charge in [-0.25, -0.2) is 14.5 Å². The van der Waals surface area contributed by atoms with Gasteiger partial charge < -0.3 is 19.4 Å². The van der Waals surface area contributed by atoms with Gasteiger partial charge in [-0.15, -0.1) is 0 Å². The summed E-state index contributed by atoms with van der Waals surface area (Å²) >= 11 is 0. The number of nitrogens with one attached hydrogen (secondary N) is 1. The number of aromatic amines is 1. The molecule has 1 fully saturated rings. The van der Waals surface area contributed by atoms with Crippen LogP contribution in [0.3, 0.4) is 0 Å². The number of carbonyl (C=O) groups is 1. The second-order valence-corrected chi connectivity index (χ2v) is 9.12. The Bertz CT molecular complexity index is 1290. The molecule has 0 saturated heterocycles. The number of imidazole rings is 1. The van der Waals surface area contributed by atoms with Gasteiger partial charge in [0.05, 0.1) is 28.9 Å². The summed E-state index contributed by atoms with van der Waals surface area (Å²) in [5, 5.41) is 15.2. The standard InChI is InChI=1S/C23H24N6O3/c1-23(2,31)22-26-17(13-6-7-13)20(32-22)21(30)28-10-8-15-18(25-12-24-15)19(28)16-11-14-5-3-4-9-29(14)27-16/h3-5,9,11-13,19,31H,6-8,10H2,1-2H3,(H,24,25)/t19-/m1/s1. The fraction of sp³-hybridized carbons (Fsp3) is 0.391. The second kappa shape index (κ2) is 6.77. The van der Waals surface area contributed by atoms with E-state index in [-0.39, 0.29) is 23.5 Å². The normalized spacial score (nSPS) is 18.8. The molecule has 1 amide bonds. The van der Waals surface area contributed by atoms with E-state index < -0.39 is 11.6 Å². The number of oxazole rings is 1. The number of rotatable bonds is 4. The molecule has 2 aliphatic rings. The zero-order chi connectivity index (χ0) is 22.0. The Labute approximate surface area is 184 Å². The minimum atomic E-state index is -1.26. The van der Waals surface area contributed by atoms with Crippen LogP contribution in [-0.4, -0.2) is 47.0 Å². The molecule has 1 atom stereocenters. The molecule has 1 aliphatic carbocycles. The van der Waals surface area contributed by atoms with Crippen LogP contribution in [0.2, 0.25) is 0 Å². The largest absolute Gasteiger partial charge is 0.432 e. The van der Waals surface area contributed by atoms with Crippen LogP contribution >= 0.6 is 0 Å². The molecule has 0 bridgehead atoms. The predicted octanol–water partition coefficient (Wildman–Crippen LogP) is 2.94. The van der Waals surface area contributed by atoms with Gasteiger partial charge in [-0.3, -0.25) is 4.79 Å². The zero-order valence-corrected chi connectivity index (χ0v) is 17.9. The van der Waals surface area contributed by atoms with Crippen LogP contribution in [0.25, 0.3) is 5.52 Å². The molecule has 2 N–H and O–H groups in total. The minimum absolute atomic E-state index is 0.171. The summed E-state index contributed by atoms with van der Waals surface area (Å²) in [7, 11) is 0. The number of fused-ring (bicyclic) bond motifs is 2. The van der Waals surface area contributed by atoms with Crippen molar-refractivity contribution < 1.29 is 14.3 Å². The third-order valence-corrected chi connectivity index (χ3v) is 6.19. The minimum Gasteiger partial charge on any atom is -0.432 e. The molecule has 32 heavy (non-hydrogen) atoms. The molecule has 5 heterocycles. The van der Waals surface area contributed by atoms with Crippen LogP contribution in [-0.2, 0) is 12.0 Å². The highest BCUT2D eigenvalue weighted by atomic mass is 16.4. The van der Waals surface area contributed by atoms with Gasteiger partial charge in [0.2, 0.25) is 11.7 Å². The molecule has 0 unspecified atom stereocenters. The molecule has 1 saturated carbocycles. The molecular formula is C23H24N6O3. The van der Waals surface area contributed by atoms with E-state index in [1.54, 1.807) is 29.6 Å². The molecule has 0 radical (unpaired) electrons. The molecule has 4 aromatic rings. The number of hydrogen-bond donors (Lipinski definition) is 2. The predicted molar refractivity (Wildman–Crippen MR) is 114 cm³/mol. The number of aliphatic hydroxyl groups is 1. The van der Waals surface area contributed by atoms with Gasteiger partial charge in [0.15, 0.2) is 0 Å². The first-order valence-electron chi connectivity index (χ1n) is 10.9. The van der Waals surface area contributed by atoms with Crippen molar-refractivity contribution in [3.63, 3.8) is 0 Å². The summed E-state index contributed by atoms with van der Waals surface area (Å²) in [5.74, 6) is 0.348. The van der Waals surface area contributed by atoms with Crippen LogP contribution in [0.15, 0.2) is 41.2 Å². The van der Waals surface area contributed by atoms with Crippen LogP contribution < -0.4 is 0 Å². The van der Waals surface area contributed by atoms with Crippen LogP contribution in [0.4, 0.5) is 0 Å². The maximum absolute atomic E-state index is 13.9. The lowest BCUT2D eigenvalue weighted by Crippen LogP contribution is -2.41. The molecule has 6 rings (SSSR count). The summed E-state index contributed by atoms with van der Waals surface area (Å²) in [6.07, 6.45) is 6.15. The van der Waals surface area contributed by atoms with E-state index in [1.807, 2.05) is 30.5 Å². The lowest BCUT2D eigenvalue weighted by Gasteiger charge is -2.33. The monoisotopic (exact) mass is 432 g/mol. The molecule has 4 aromatic heterocycles. The third-order valence-electron chi connectivity index (χ3n) is 6.19. The van der Waals surface area contributed by atoms with E-state index in [1.165, 1.54) is 0 Å². The van der Waals surface area contributed by atoms with Gasteiger partial charge in [0, 0.05) is 30.8 Å². The Balaban J connectivity index is 1.46. The highest BCUT2D eigenvalue weighted by molar-refractivity contribution is 5.93. The molecule has 0 spiro atoms. The average Bonchev–Trinajstić information content (AvgIpc) is 3.18. The fourth-order valence-corrected chi connectivity index (χ4v) is 4.40. The van der Waals surface area contributed by atoms with Crippen molar-refractivity contribution in [1.82, 2.24) is 29.5 Å². The van der Waals surface area contributed by atoms with E-state index in [9.17, 15) is 9.90 Å². The Morgan fingerprint density at radius 2 is 2.12 bits per heavy atom. The van der Waals surface area contributed by atoms with Crippen LogP contribution in [0.5, 0.6) is 0 Å². The number of H-pyrrole nitrogens is 1. The number of nitrogens with zero attached hydrogens (tertiary/aromatic N) is 5. The van der Waals surface area contributed by atoms with Gasteiger partial charge in [-0.05, 0) is 44.9 Å². The maximum atomic E-state index is 13.9. The van der Waals surface area contributed by atoms with E-state index in [4.69, 9.17) is 9.52 Å². The van der Waals surface area contributed by atoms with Gasteiger partial charge in [0.1, 0.15) is 11.6 Å². The first-order chi connectivity index (χ1) is 15.4. The van der Waals surface area contributed by atoms with Crippen LogP contribution in [0.1, 0.15) is 77.9 Å². The Morgan fingerprint density at radius 3 is 2.88 bits per heavy atom.